The van der Waals surface area contributed by atoms with E-state index in [4.69, 9.17) is 4.74 Å². The maximum Gasteiger partial charge on any atom is 0.224 e. The van der Waals surface area contributed by atoms with Gasteiger partial charge in [-0.15, -0.1) is 0 Å². The molecule has 1 amide bonds. The Morgan fingerprint density at radius 3 is 2.54 bits per heavy atom. The Labute approximate surface area is 141 Å². The number of carbonyl (C=O) groups excluding carboxylic acids is 1. The summed E-state index contributed by atoms with van der Waals surface area (Å²) in [6, 6.07) is 13.6. The van der Waals surface area contributed by atoms with Crippen LogP contribution >= 0.6 is 0 Å². The highest BCUT2D eigenvalue weighted by Crippen LogP contribution is 2.18. The molecule has 24 heavy (non-hydrogen) atoms. The van der Waals surface area contributed by atoms with Crippen molar-refractivity contribution in [1.82, 2.24) is 5.32 Å². The molecule has 0 aromatic heterocycles. The van der Waals surface area contributed by atoms with E-state index < -0.39 is 18.0 Å². The minimum atomic E-state index is -0.691. The summed E-state index contributed by atoms with van der Waals surface area (Å²) in [5, 5.41) is 13.0. The zero-order chi connectivity index (χ0) is 17.5. The van der Waals surface area contributed by atoms with Crippen LogP contribution in [0.4, 0.5) is 4.39 Å². The summed E-state index contributed by atoms with van der Waals surface area (Å²) in [7, 11) is 1.39. The maximum atomic E-state index is 13.6. The summed E-state index contributed by atoms with van der Waals surface area (Å²) in [6.07, 6.45) is -0.188. The van der Waals surface area contributed by atoms with E-state index in [1.807, 2.05) is 30.3 Å². The van der Waals surface area contributed by atoms with Crippen LogP contribution in [0.5, 0.6) is 5.75 Å². The lowest BCUT2D eigenvalue weighted by Crippen LogP contribution is -2.42. The number of hydrogen-bond acceptors (Lipinski definition) is 3. The number of nitrogens with one attached hydrogen (secondary N) is 1. The van der Waals surface area contributed by atoms with Gasteiger partial charge < -0.3 is 15.2 Å². The van der Waals surface area contributed by atoms with Crippen LogP contribution in [0.15, 0.2) is 48.5 Å². The van der Waals surface area contributed by atoms with Gasteiger partial charge in [0.25, 0.3) is 0 Å². The first-order valence-corrected chi connectivity index (χ1v) is 7.83. The van der Waals surface area contributed by atoms with Crippen LogP contribution in [0.1, 0.15) is 18.1 Å². The number of carbonyl (C=O) groups is 1. The Morgan fingerprint density at radius 2 is 1.92 bits per heavy atom. The highest BCUT2D eigenvalue weighted by molar-refractivity contribution is 5.78. The topological polar surface area (TPSA) is 58.6 Å². The predicted molar refractivity (Wildman–Crippen MR) is 90.4 cm³/mol. The van der Waals surface area contributed by atoms with Crippen LogP contribution in [0, 0.1) is 5.82 Å². The number of benzene rings is 2. The molecule has 128 valence electrons. The fourth-order valence-corrected chi connectivity index (χ4v) is 2.44. The first kappa shape index (κ1) is 17.9. The van der Waals surface area contributed by atoms with Gasteiger partial charge in [-0.2, -0.15) is 0 Å². The number of methoxy groups -OCH3 is 1. The van der Waals surface area contributed by atoms with Crippen molar-refractivity contribution < 1.29 is 19.0 Å². The lowest BCUT2D eigenvalue weighted by atomic mass is 10.0. The van der Waals surface area contributed by atoms with Crippen molar-refractivity contribution in [3.63, 3.8) is 0 Å². The van der Waals surface area contributed by atoms with Crippen LogP contribution in [0.25, 0.3) is 0 Å². The van der Waals surface area contributed by atoms with Crippen LogP contribution in [0.3, 0.4) is 0 Å². The zero-order valence-electron chi connectivity index (χ0n) is 13.8. The molecule has 0 spiro atoms. The van der Waals surface area contributed by atoms with E-state index in [1.54, 1.807) is 13.0 Å². The van der Waals surface area contributed by atoms with E-state index in [0.717, 1.165) is 5.56 Å². The Kier molecular flexibility index (Phi) is 6.32. The molecule has 2 rings (SSSR count). The third-order valence-electron chi connectivity index (χ3n) is 3.83. The van der Waals surface area contributed by atoms with Crippen LogP contribution in [0.2, 0.25) is 0 Å². The molecule has 4 nitrogen and oxygen atoms in total. The van der Waals surface area contributed by atoms with Gasteiger partial charge >= 0.3 is 0 Å². The molecule has 0 aliphatic rings. The van der Waals surface area contributed by atoms with Gasteiger partial charge in [0.05, 0.1) is 25.7 Å². The van der Waals surface area contributed by atoms with E-state index in [9.17, 15) is 14.3 Å². The molecule has 0 aliphatic heterocycles. The first-order valence-electron chi connectivity index (χ1n) is 7.83. The molecule has 2 aromatic rings. The van der Waals surface area contributed by atoms with Crippen molar-refractivity contribution in [1.29, 1.82) is 0 Å². The Bertz CT molecular complexity index is 676. The van der Waals surface area contributed by atoms with Crippen molar-refractivity contribution in [2.75, 3.05) is 7.11 Å². The minimum Gasteiger partial charge on any atom is -0.494 e. The fraction of sp³-hybridized carbons (Fsp3) is 0.316. The molecule has 2 atom stereocenters. The lowest BCUT2D eigenvalue weighted by molar-refractivity contribution is -0.121. The molecule has 0 aliphatic carbocycles. The third-order valence-corrected chi connectivity index (χ3v) is 3.83. The summed E-state index contributed by atoms with van der Waals surface area (Å²) < 4.78 is 18.5. The fourth-order valence-electron chi connectivity index (χ4n) is 2.44. The van der Waals surface area contributed by atoms with Crippen molar-refractivity contribution in [2.24, 2.45) is 0 Å². The highest BCUT2D eigenvalue weighted by Gasteiger charge is 2.17. The monoisotopic (exact) mass is 331 g/mol. The van der Waals surface area contributed by atoms with Gasteiger partial charge in [0.2, 0.25) is 5.91 Å². The van der Waals surface area contributed by atoms with Gasteiger partial charge in [-0.05, 0) is 30.2 Å². The van der Waals surface area contributed by atoms with E-state index in [0.29, 0.717) is 12.0 Å². The maximum absolute atomic E-state index is 13.6. The molecule has 0 radical (unpaired) electrons. The Hall–Kier alpha value is -2.40. The minimum absolute atomic E-state index is 0.0450. The number of aliphatic hydroxyl groups excluding tert-OH is 1. The molecule has 2 unspecified atom stereocenters. The third kappa shape index (κ3) is 5.06. The van der Waals surface area contributed by atoms with Crippen molar-refractivity contribution in [3.8, 4) is 5.75 Å². The standard InChI is InChI=1S/C19H22FNO3/c1-13(17(22)11-14-6-4-3-5-7-14)21-19(23)12-15-8-9-18(24-2)16(20)10-15/h3-10,13,17,22H,11-12H2,1-2H3,(H,21,23). The number of ether oxygens (including phenoxy) is 1. The zero-order valence-corrected chi connectivity index (χ0v) is 13.8. The molecule has 0 heterocycles. The summed E-state index contributed by atoms with van der Waals surface area (Å²) in [4.78, 5) is 12.1. The first-order chi connectivity index (χ1) is 11.5. The van der Waals surface area contributed by atoms with Crippen LogP contribution in [-0.2, 0) is 17.6 Å². The number of hydrogen-bond donors (Lipinski definition) is 2. The van der Waals surface area contributed by atoms with E-state index in [2.05, 4.69) is 5.32 Å². The normalized spacial score (nSPS) is 13.2. The average Bonchev–Trinajstić information content (AvgIpc) is 2.55. The molecule has 0 fully saturated rings. The number of rotatable bonds is 7. The van der Waals surface area contributed by atoms with E-state index in [1.165, 1.54) is 19.2 Å². The molecule has 0 saturated carbocycles. The smallest absolute Gasteiger partial charge is 0.224 e. The predicted octanol–water partition coefficient (Wildman–Crippen LogP) is 2.49. The van der Waals surface area contributed by atoms with E-state index >= 15 is 0 Å². The van der Waals surface area contributed by atoms with E-state index in [-0.39, 0.29) is 18.1 Å². The van der Waals surface area contributed by atoms with Gasteiger partial charge in [-0.1, -0.05) is 36.4 Å². The Morgan fingerprint density at radius 1 is 1.21 bits per heavy atom. The second-order valence-electron chi connectivity index (χ2n) is 5.76. The van der Waals surface area contributed by atoms with Crippen molar-refractivity contribution >= 4 is 5.91 Å². The van der Waals surface area contributed by atoms with Gasteiger partial charge in [0.1, 0.15) is 0 Å². The van der Waals surface area contributed by atoms with Crippen LogP contribution in [-0.4, -0.2) is 30.3 Å². The molecule has 5 heteroatoms. The average molecular weight is 331 g/mol. The molecule has 0 saturated heterocycles. The summed E-state index contributed by atoms with van der Waals surface area (Å²) in [6.45, 7) is 1.75. The second-order valence-corrected chi connectivity index (χ2v) is 5.76. The largest absolute Gasteiger partial charge is 0.494 e. The summed E-state index contributed by atoms with van der Waals surface area (Å²) >= 11 is 0. The highest BCUT2D eigenvalue weighted by atomic mass is 19.1. The Balaban J connectivity index is 1.88. The van der Waals surface area contributed by atoms with Crippen molar-refractivity contribution in [3.05, 3.63) is 65.5 Å². The molecular weight excluding hydrogens is 309 g/mol. The molecular formula is C19H22FNO3. The summed E-state index contributed by atoms with van der Waals surface area (Å²) in [5.74, 6) is -0.620. The number of aliphatic hydroxyl groups is 1. The van der Waals surface area contributed by atoms with Gasteiger partial charge in [-0.25, -0.2) is 4.39 Å². The quantitative estimate of drug-likeness (QED) is 0.819. The molecule has 2 aromatic carbocycles. The number of amides is 1. The van der Waals surface area contributed by atoms with Crippen LogP contribution < -0.4 is 10.1 Å². The number of halogens is 1. The van der Waals surface area contributed by atoms with Gasteiger partial charge in [0, 0.05) is 6.42 Å². The lowest BCUT2D eigenvalue weighted by Gasteiger charge is -2.20. The molecule has 0 bridgehead atoms. The van der Waals surface area contributed by atoms with Gasteiger partial charge in [-0.3, -0.25) is 4.79 Å². The summed E-state index contributed by atoms with van der Waals surface area (Å²) in [5.41, 5.74) is 1.55. The van der Waals surface area contributed by atoms with Crippen molar-refractivity contribution in [2.45, 2.75) is 31.9 Å². The van der Waals surface area contributed by atoms with Gasteiger partial charge in [0.15, 0.2) is 11.6 Å². The second kappa shape index (κ2) is 8.45. The molecule has 2 N–H and O–H groups in total. The SMILES string of the molecule is COc1ccc(CC(=O)NC(C)C(O)Cc2ccccc2)cc1F.